The number of benzene rings is 1. The van der Waals surface area contributed by atoms with Crippen molar-refractivity contribution in [3.05, 3.63) is 76.8 Å². The fourth-order valence-electron chi connectivity index (χ4n) is 4.50. The van der Waals surface area contributed by atoms with E-state index in [-0.39, 0.29) is 11.8 Å². The molecule has 1 aliphatic heterocycles. The predicted molar refractivity (Wildman–Crippen MR) is 108 cm³/mol. The average Bonchev–Trinajstić information content (AvgIpc) is 2.71. The highest BCUT2D eigenvalue weighted by atomic mass is 16.3. The quantitative estimate of drug-likeness (QED) is 0.765. The molecule has 0 spiro atoms. The van der Waals surface area contributed by atoms with Crippen LogP contribution in [0.3, 0.4) is 0 Å². The van der Waals surface area contributed by atoms with Gasteiger partial charge in [0.15, 0.2) is 0 Å². The number of amides is 1. The Balaban J connectivity index is 1.55. The first-order chi connectivity index (χ1) is 13.6. The molecule has 0 saturated heterocycles. The molecule has 1 aromatic carbocycles. The first-order valence-corrected chi connectivity index (χ1v) is 10.0. The normalized spacial score (nSPS) is 25.2. The van der Waals surface area contributed by atoms with Crippen LogP contribution in [0.2, 0.25) is 0 Å². The molecule has 3 N–H and O–H groups in total. The predicted octanol–water partition coefficient (Wildman–Crippen LogP) is 3.16. The summed E-state index contributed by atoms with van der Waals surface area (Å²) in [5.41, 5.74) is 5.05. The van der Waals surface area contributed by atoms with Crippen molar-refractivity contribution < 1.29 is 9.90 Å². The number of hydrogen-bond acceptors (Lipinski definition) is 4. The molecule has 2 aromatic rings. The van der Waals surface area contributed by atoms with Crippen LogP contribution in [0, 0.1) is 12.8 Å². The van der Waals surface area contributed by atoms with Crippen LogP contribution in [0.25, 0.3) is 0 Å². The fourth-order valence-corrected chi connectivity index (χ4v) is 4.50. The first-order valence-electron chi connectivity index (χ1n) is 10.0. The zero-order valence-corrected chi connectivity index (χ0v) is 16.2. The van der Waals surface area contributed by atoms with Gasteiger partial charge in [-0.1, -0.05) is 30.3 Å². The second kappa shape index (κ2) is 8.15. The number of rotatable bonds is 4. The molecule has 2 aliphatic rings. The SMILES string of the molecule is Cc1cc(CC2=C([C@H]3CC[C@H](c4ccccc4)CC3)NC(O)NC2=O)ccn1. The number of pyridine rings is 1. The zero-order valence-electron chi connectivity index (χ0n) is 16.2. The van der Waals surface area contributed by atoms with Gasteiger partial charge in [-0.25, -0.2) is 0 Å². The molecule has 5 nitrogen and oxygen atoms in total. The molecule has 1 saturated carbocycles. The number of aryl methyl sites for hydroxylation is 1. The third kappa shape index (κ3) is 4.09. The van der Waals surface area contributed by atoms with Crippen molar-refractivity contribution in [2.24, 2.45) is 5.92 Å². The van der Waals surface area contributed by atoms with E-state index in [1.54, 1.807) is 6.20 Å². The summed E-state index contributed by atoms with van der Waals surface area (Å²) >= 11 is 0. The third-order valence-electron chi connectivity index (χ3n) is 5.91. The van der Waals surface area contributed by atoms with Crippen molar-refractivity contribution in [3.63, 3.8) is 0 Å². The van der Waals surface area contributed by atoms with Crippen LogP contribution in [-0.2, 0) is 11.2 Å². The second-order valence-corrected chi connectivity index (χ2v) is 7.85. The minimum absolute atomic E-state index is 0.180. The number of aliphatic hydroxyl groups is 1. The molecule has 1 amide bonds. The van der Waals surface area contributed by atoms with Crippen molar-refractivity contribution in [1.82, 2.24) is 15.6 Å². The molecule has 1 fully saturated rings. The van der Waals surface area contributed by atoms with Crippen molar-refractivity contribution in [1.29, 1.82) is 0 Å². The molecule has 1 aromatic heterocycles. The summed E-state index contributed by atoms with van der Waals surface area (Å²) in [6, 6.07) is 14.6. The van der Waals surface area contributed by atoms with Crippen molar-refractivity contribution in [3.8, 4) is 0 Å². The third-order valence-corrected chi connectivity index (χ3v) is 5.91. The largest absolute Gasteiger partial charge is 0.356 e. The van der Waals surface area contributed by atoms with Gasteiger partial charge in [0, 0.05) is 29.6 Å². The molecule has 5 heteroatoms. The van der Waals surface area contributed by atoms with Gasteiger partial charge in [-0.3, -0.25) is 9.78 Å². The van der Waals surface area contributed by atoms with Crippen molar-refractivity contribution in [2.45, 2.75) is 51.3 Å². The number of allylic oxidation sites excluding steroid dienone is 1. The Hall–Kier alpha value is -2.66. The summed E-state index contributed by atoms with van der Waals surface area (Å²) in [7, 11) is 0. The maximum absolute atomic E-state index is 12.6. The Labute approximate surface area is 165 Å². The van der Waals surface area contributed by atoms with Crippen LogP contribution in [-0.4, -0.2) is 22.3 Å². The van der Waals surface area contributed by atoms with E-state index in [1.165, 1.54) is 5.56 Å². The summed E-state index contributed by atoms with van der Waals surface area (Å²) in [6.45, 7) is 1.95. The number of aliphatic hydroxyl groups excluding tert-OH is 1. The number of carbonyl (C=O) groups is 1. The van der Waals surface area contributed by atoms with Gasteiger partial charge < -0.3 is 15.7 Å². The lowest BCUT2D eigenvalue weighted by atomic mass is 9.76. The highest BCUT2D eigenvalue weighted by Gasteiger charge is 2.32. The number of nitrogens with one attached hydrogen (secondary N) is 2. The Morgan fingerprint density at radius 1 is 1.04 bits per heavy atom. The molecule has 0 bridgehead atoms. The molecule has 2 heterocycles. The standard InChI is InChI=1S/C23H27N3O2/c1-15-13-16(11-12-24-15)14-20-21(25-23(28)26-22(20)27)19-9-7-18(8-10-19)17-5-3-2-4-6-17/h2-6,11-13,18-19,23,25,28H,7-10,14H2,1H3,(H,26,27)/t18-,19-,23?. The van der Waals surface area contributed by atoms with Gasteiger partial charge in [-0.2, -0.15) is 0 Å². The van der Waals surface area contributed by atoms with E-state index in [0.717, 1.165) is 48.2 Å². The summed E-state index contributed by atoms with van der Waals surface area (Å²) in [6.07, 6.45) is 5.53. The van der Waals surface area contributed by atoms with E-state index in [1.807, 2.05) is 19.1 Å². The van der Waals surface area contributed by atoms with Crippen LogP contribution in [0.15, 0.2) is 59.9 Å². The Morgan fingerprint density at radius 2 is 1.75 bits per heavy atom. The molecule has 28 heavy (non-hydrogen) atoms. The highest BCUT2D eigenvalue weighted by molar-refractivity contribution is 5.95. The van der Waals surface area contributed by atoms with Gasteiger partial charge in [-0.05, 0) is 67.7 Å². The lowest BCUT2D eigenvalue weighted by Crippen LogP contribution is -2.52. The van der Waals surface area contributed by atoms with E-state index in [4.69, 9.17) is 0 Å². The lowest BCUT2D eigenvalue weighted by Gasteiger charge is -2.35. The highest BCUT2D eigenvalue weighted by Crippen LogP contribution is 2.39. The maximum Gasteiger partial charge on any atom is 0.252 e. The molecule has 1 unspecified atom stereocenters. The maximum atomic E-state index is 12.6. The number of carbonyl (C=O) groups excluding carboxylic acids is 1. The average molecular weight is 377 g/mol. The van der Waals surface area contributed by atoms with Gasteiger partial charge in [0.25, 0.3) is 5.91 Å². The van der Waals surface area contributed by atoms with Crippen molar-refractivity contribution >= 4 is 5.91 Å². The summed E-state index contributed by atoms with van der Waals surface area (Å²) in [5.74, 6) is 0.672. The first kappa shape index (κ1) is 18.7. The van der Waals surface area contributed by atoms with Gasteiger partial charge in [0.2, 0.25) is 6.35 Å². The van der Waals surface area contributed by atoms with E-state index in [0.29, 0.717) is 12.3 Å². The van der Waals surface area contributed by atoms with Crippen LogP contribution < -0.4 is 10.6 Å². The Kier molecular flexibility index (Phi) is 5.44. The van der Waals surface area contributed by atoms with E-state index in [2.05, 4.69) is 45.9 Å². The molecular formula is C23H27N3O2. The summed E-state index contributed by atoms with van der Waals surface area (Å²) < 4.78 is 0. The van der Waals surface area contributed by atoms with E-state index < -0.39 is 6.35 Å². The van der Waals surface area contributed by atoms with Crippen LogP contribution in [0.5, 0.6) is 0 Å². The number of nitrogens with zero attached hydrogens (tertiary/aromatic N) is 1. The monoisotopic (exact) mass is 377 g/mol. The Bertz CT molecular complexity index is 870. The lowest BCUT2D eigenvalue weighted by molar-refractivity contribution is -0.122. The number of hydrogen-bond donors (Lipinski definition) is 3. The Morgan fingerprint density at radius 3 is 2.46 bits per heavy atom. The summed E-state index contributed by atoms with van der Waals surface area (Å²) in [5, 5.41) is 15.8. The van der Waals surface area contributed by atoms with Crippen LogP contribution in [0.1, 0.15) is 48.4 Å². The summed E-state index contributed by atoms with van der Waals surface area (Å²) in [4.78, 5) is 16.9. The van der Waals surface area contributed by atoms with Crippen LogP contribution in [0.4, 0.5) is 0 Å². The van der Waals surface area contributed by atoms with Gasteiger partial charge in [0.05, 0.1) is 0 Å². The molecule has 146 valence electrons. The molecule has 1 atom stereocenters. The van der Waals surface area contributed by atoms with Crippen molar-refractivity contribution in [2.75, 3.05) is 0 Å². The molecular weight excluding hydrogens is 350 g/mol. The second-order valence-electron chi connectivity index (χ2n) is 7.85. The minimum Gasteiger partial charge on any atom is -0.356 e. The van der Waals surface area contributed by atoms with E-state index in [9.17, 15) is 9.90 Å². The molecule has 0 radical (unpaired) electrons. The van der Waals surface area contributed by atoms with Gasteiger partial charge >= 0.3 is 0 Å². The zero-order chi connectivity index (χ0) is 19.5. The minimum atomic E-state index is -1.02. The molecule has 1 aliphatic carbocycles. The smallest absolute Gasteiger partial charge is 0.252 e. The number of aromatic nitrogens is 1. The topological polar surface area (TPSA) is 74.2 Å². The van der Waals surface area contributed by atoms with Gasteiger partial charge in [-0.15, -0.1) is 0 Å². The fraction of sp³-hybridized carbons (Fsp3) is 0.391. The van der Waals surface area contributed by atoms with Crippen LogP contribution >= 0.6 is 0 Å². The molecule has 4 rings (SSSR count). The van der Waals surface area contributed by atoms with E-state index >= 15 is 0 Å². The van der Waals surface area contributed by atoms with Gasteiger partial charge in [0.1, 0.15) is 0 Å².